The zero-order valence-corrected chi connectivity index (χ0v) is 30.6. The van der Waals surface area contributed by atoms with Crippen LogP contribution in [0.3, 0.4) is 0 Å². The smallest absolute Gasteiger partial charge is 0.150 e. The number of unbranched alkanes of at least 4 members (excludes halogenated alkanes) is 31. The molecule has 230 valence electrons. The molecule has 0 N–H and O–H groups in total. The summed E-state index contributed by atoms with van der Waals surface area (Å²) in [5, 5.41) is 0. The van der Waals surface area contributed by atoms with Crippen molar-refractivity contribution in [1.82, 2.24) is 0 Å². The third-order valence-corrected chi connectivity index (χ3v) is 11.2. The maximum Gasteiger partial charge on any atom is 0.237 e. The summed E-state index contributed by atoms with van der Waals surface area (Å²) in [6.07, 6.45) is 46.7. The molecule has 0 aliphatic carbocycles. The summed E-state index contributed by atoms with van der Waals surface area (Å²) in [5.41, 5.74) is 0. The summed E-state index contributed by atoms with van der Waals surface area (Å²) in [6.45, 7) is 0. The van der Waals surface area contributed by atoms with E-state index in [2.05, 4.69) is 22.6 Å². The molecule has 0 fully saturated rings. The minimum Gasteiger partial charge on any atom is -0.150 e. The lowest BCUT2D eigenvalue weighted by Gasteiger charge is -2.05. The highest BCUT2D eigenvalue weighted by Gasteiger charge is 2.01. The van der Waals surface area contributed by atoms with E-state index in [9.17, 15) is 0 Å². The minimum absolute atomic E-state index is 1.10. The van der Waals surface area contributed by atoms with Crippen LogP contribution in [0.5, 0.6) is 0 Å². The largest absolute Gasteiger partial charge is 0.237 e. The molecule has 0 nitrogen and oxygen atoms in total. The summed E-state index contributed by atoms with van der Waals surface area (Å²) in [6, 6.07) is 1.10. The highest BCUT2D eigenvalue weighted by Crippen LogP contribution is 2.17. The van der Waals surface area contributed by atoms with Crippen LogP contribution in [0.2, 0.25) is 6.04 Å². The van der Waals surface area contributed by atoms with E-state index < -0.39 is 7.42 Å². The van der Waals surface area contributed by atoms with E-state index in [0.29, 0.717) is 0 Å². The zero-order chi connectivity index (χ0) is 27.6. The maximum absolute atomic E-state index is 5.91. The Bertz CT molecular complexity index is 408. The van der Waals surface area contributed by atoms with Gasteiger partial charge in [0.05, 0.1) is 0 Å². The van der Waals surface area contributed by atoms with Gasteiger partial charge in [0.15, 0.2) is 0 Å². The van der Waals surface area contributed by atoms with Gasteiger partial charge in [-0.3, -0.25) is 0 Å². The number of hydrogen-bond acceptors (Lipinski definition) is 0. The monoisotopic (exact) mass is 702 g/mol. The van der Waals surface area contributed by atoms with Gasteiger partial charge >= 0.3 is 0 Å². The van der Waals surface area contributed by atoms with Gasteiger partial charge in [0.25, 0.3) is 0 Å². The molecule has 38 heavy (non-hydrogen) atoms. The van der Waals surface area contributed by atoms with E-state index in [1.807, 2.05) is 0 Å². The number of alkyl halides is 1. The van der Waals surface area contributed by atoms with Gasteiger partial charge < -0.3 is 0 Å². The lowest BCUT2D eigenvalue weighted by Crippen LogP contribution is -1.91. The molecule has 0 spiro atoms. The van der Waals surface area contributed by atoms with Crippen LogP contribution in [-0.2, 0) is 0 Å². The molecular formula is C34H69Cl2ISi. The summed E-state index contributed by atoms with van der Waals surface area (Å²) in [5.74, 6) is 0. The fourth-order valence-corrected chi connectivity index (χ4v) is 7.76. The second-order valence-corrected chi connectivity index (χ2v) is 18.5. The van der Waals surface area contributed by atoms with Crippen molar-refractivity contribution in [3.05, 3.63) is 0 Å². The quantitative estimate of drug-likeness (QED) is 0.0206. The van der Waals surface area contributed by atoms with Gasteiger partial charge in [0.1, 0.15) is 0 Å². The van der Waals surface area contributed by atoms with Gasteiger partial charge in [0, 0.05) is 0 Å². The van der Waals surface area contributed by atoms with Crippen molar-refractivity contribution in [1.29, 1.82) is 0 Å². The molecule has 0 aliphatic heterocycles. The van der Waals surface area contributed by atoms with Gasteiger partial charge in [-0.25, -0.2) is 0 Å². The summed E-state index contributed by atoms with van der Waals surface area (Å²) >= 11 is 14.3. The van der Waals surface area contributed by atoms with Crippen LogP contribution < -0.4 is 0 Å². The van der Waals surface area contributed by atoms with Gasteiger partial charge in [-0.2, -0.15) is 22.2 Å². The SMILES string of the molecule is Cl[SiH](Cl)CCCCCCCCCCCCCCCCCCCCCCCCCCCCCCCCCCI. The van der Waals surface area contributed by atoms with E-state index in [4.69, 9.17) is 22.2 Å². The van der Waals surface area contributed by atoms with Crippen molar-refractivity contribution in [3.8, 4) is 0 Å². The van der Waals surface area contributed by atoms with Crippen LogP contribution in [0.1, 0.15) is 205 Å². The van der Waals surface area contributed by atoms with E-state index >= 15 is 0 Å². The van der Waals surface area contributed by atoms with Gasteiger partial charge in [-0.05, 0) is 16.9 Å². The molecule has 0 bridgehead atoms. The fourth-order valence-electron chi connectivity index (χ4n) is 5.70. The first-order valence-corrected chi connectivity index (χ1v) is 23.4. The Morgan fingerprint density at radius 3 is 0.579 bits per heavy atom. The first-order valence-electron chi connectivity index (χ1n) is 17.6. The van der Waals surface area contributed by atoms with Gasteiger partial charge in [-0.15, -0.1) is 0 Å². The summed E-state index contributed by atoms with van der Waals surface area (Å²) < 4.78 is 1.34. The average Bonchev–Trinajstić information content (AvgIpc) is 2.91. The second kappa shape index (κ2) is 36.6. The molecule has 0 atom stereocenters. The first-order chi connectivity index (χ1) is 18.8. The van der Waals surface area contributed by atoms with Crippen LogP contribution >= 0.6 is 44.7 Å². The highest BCUT2D eigenvalue weighted by molar-refractivity contribution is 14.1. The Morgan fingerprint density at radius 1 is 0.263 bits per heavy atom. The lowest BCUT2D eigenvalue weighted by molar-refractivity contribution is 0.512. The van der Waals surface area contributed by atoms with Crippen LogP contribution in [0, 0.1) is 0 Å². The minimum atomic E-state index is -1.34. The molecule has 0 saturated carbocycles. The van der Waals surface area contributed by atoms with Crippen molar-refractivity contribution in [2.24, 2.45) is 0 Å². The molecule has 0 aromatic rings. The second-order valence-electron chi connectivity index (χ2n) is 12.2. The Labute approximate surface area is 266 Å². The number of halogens is 3. The average molecular weight is 704 g/mol. The van der Waals surface area contributed by atoms with Gasteiger partial charge in [0.2, 0.25) is 7.42 Å². The van der Waals surface area contributed by atoms with E-state index in [1.54, 1.807) is 0 Å². The molecule has 0 saturated heterocycles. The molecule has 0 heterocycles. The first kappa shape index (κ1) is 39.5. The molecule has 0 aliphatic rings. The fraction of sp³-hybridized carbons (Fsp3) is 1.00. The van der Waals surface area contributed by atoms with E-state index in [1.165, 1.54) is 210 Å². The van der Waals surface area contributed by atoms with Crippen molar-refractivity contribution in [2.75, 3.05) is 4.43 Å². The topological polar surface area (TPSA) is 0 Å². The summed E-state index contributed by atoms with van der Waals surface area (Å²) in [4.78, 5) is 0. The van der Waals surface area contributed by atoms with Crippen molar-refractivity contribution >= 4 is 52.2 Å². The Balaban J connectivity index is 3.02. The highest BCUT2D eigenvalue weighted by atomic mass is 127. The molecule has 4 heteroatoms. The third-order valence-electron chi connectivity index (χ3n) is 8.31. The normalized spacial score (nSPS) is 11.7. The number of hydrogen-bond donors (Lipinski definition) is 0. The van der Waals surface area contributed by atoms with Crippen LogP contribution in [0.25, 0.3) is 0 Å². The van der Waals surface area contributed by atoms with Crippen LogP contribution in [-0.4, -0.2) is 11.8 Å². The molecule has 0 aromatic carbocycles. The molecule has 0 rings (SSSR count). The molecule has 0 aromatic heterocycles. The lowest BCUT2D eigenvalue weighted by atomic mass is 10.0. The molecule has 0 unspecified atom stereocenters. The number of rotatable bonds is 34. The summed E-state index contributed by atoms with van der Waals surface area (Å²) in [7, 11) is -1.34. The van der Waals surface area contributed by atoms with Crippen molar-refractivity contribution in [2.45, 2.75) is 212 Å². The predicted octanol–water partition coefficient (Wildman–Crippen LogP) is 14.6. The molecule has 0 amide bonds. The van der Waals surface area contributed by atoms with Crippen LogP contribution in [0.4, 0.5) is 0 Å². The van der Waals surface area contributed by atoms with Crippen molar-refractivity contribution < 1.29 is 0 Å². The Morgan fingerprint density at radius 2 is 0.421 bits per heavy atom. The van der Waals surface area contributed by atoms with Crippen LogP contribution in [0.15, 0.2) is 0 Å². The standard InChI is InChI=1S/C34H69Cl2ISi/c35-38(36)34-32-30-28-26-24-22-20-18-16-14-12-10-8-6-4-2-1-3-5-7-9-11-13-15-17-19-21-23-25-27-29-31-33-37/h38H,1-34H2. The predicted molar refractivity (Wildman–Crippen MR) is 190 cm³/mol. The Hall–Kier alpha value is 1.53. The molecule has 0 radical (unpaired) electrons. The van der Waals surface area contributed by atoms with E-state index in [0.717, 1.165) is 6.04 Å². The Kier molecular flexibility index (Phi) is 38.0. The molecular weight excluding hydrogens is 634 g/mol. The van der Waals surface area contributed by atoms with Crippen molar-refractivity contribution in [3.63, 3.8) is 0 Å². The van der Waals surface area contributed by atoms with Gasteiger partial charge in [-0.1, -0.05) is 222 Å². The zero-order valence-electron chi connectivity index (χ0n) is 25.8. The maximum atomic E-state index is 5.91. The van der Waals surface area contributed by atoms with E-state index in [-0.39, 0.29) is 0 Å². The third kappa shape index (κ3) is 37.5.